The Morgan fingerprint density at radius 1 is 1.52 bits per heavy atom. The van der Waals surface area contributed by atoms with Gasteiger partial charge in [-0.25, -0.2) is 4.39 Å². The van der Waals surface area contributed by atoms with E-state index in [1.54, 1.807) is 13.2 Å². The molecule has 1 heterocycles. The number of hydrogen-bond donors (Lipinski definition) is 2. The Labute approximate surface area is 143 Å². The molecule has 1 saturated heterocycles. The second-order valence-corrected chi connectivity index (χ2v) is 6.39. The van der Waals surface area contributed by atoms with Crippen LogP contribution in [0.5, 0.6) is 5.75 Å². The zero-order valence-corrected chi connectivity index (χ0v) is 14.8. The standard InChI is InChI=1S/C17H26FNO3.ClH/c1-12(8-13-9-14(18)4-5-15(13)21-3)10-17(2,20)16-11-19-6-7-22-16;/h4-5,9,12,16,19-20H,6-8,10-11H2,1-3H3;1H. The van der Waals surface area contributed by atoms with E-state index in [1.165, 1.54) is 12.1 Å². The van der Waals surface area contributed by atoms with Crippen molar-refractivity contribution in [3.8, 4) is 5.75 Å². The van der Waals surface area contributed by atoms with E-state index < -0.39 is 5.60 Å². The van der Waals surface area contributed by atoms with Crippen molar-refractivity contribution in [3.05, 3.63) is 29.6 Å². The summed E-state index contributed by atoms with van der Waals surface area (Å²) >= 11 is 0. The predicted octanol–water partition coefficient (Wildman–Crippen LogP) is 2.56. The van der Waals surface area contributed by atoms with Crippen LogP contribution in [0, 0.1) is 11.7 Å². The molecule has 2 rings (SSSR count). The molecule has 23 heavy (non-hydrogen) atoms. The Balaban J connectivity index is 0.00000264. The maximum absolute atomic E-state index is 13.4. The predicted molar refractivity (Wildman–Crippen MR) is 90.9 cm³/mol. The number of morpholine rings is 1. The molecule has 6 heteroatoms. The monoisotopic (exact) mass is 347 g/mol. The number of ether oxygens (including phenoxy) is 2. The van der Waals surface area contributed by atoms with Crippen LogP contribution in [-0.4, -0.2) is 43.6 Å². The van der Waals surface area contributed by atoms with Gasteiger partial charge in [0.25, 0.3) is 0 Å². The topological polar surface area (TPSA) is 50.7 Å². The summed E-state index contributed by atoms with van der Waals surface area (Å²) in [6, 6.07) is 4.54. The molecule has 0 spiro atoms. The first-order valence-corrected chi connectivity index (χ1v) is 7.79. The highest BCUT2D eigenvalue weighted by Gasteiger charge is 2.35. The van der Waals surface area contributed by atoms with Crippen LogP contribution in [0.15, 0.2) is 18.2 Å². The summed E-state index contributed by atoms with van der Waals surface area (Å²) < 4.78 is 24.4. The van der Waals surface area contributed by atoms with Crippen molar-refractivity contribution in [2.24, 2.45) is 5.92 Å². The molecule has 3 unspecified atom stereocenters. The fourth-order valence-corrected chi connectivity index (χ4v) is 3.16. The van der Waals surface area contributed by atoms with Gasteiger partial charge in [0, 0.05) is 13.1 Å². The van der Waals surface area contributed by atoms with Gasteiger partial charge in [-0.05, 0) is 49.4 Å². The number of halogens is 2. The number of methoxy groups -OCH3 is 1. The Hall–Kier alpha value is -0.880. The summed E-state index contributed by atoms with van der Waals surface area (Å²) in [5, 5.41) is 13.9. The Morgan fingerprint density at radius 2 is 2.26 bits per heavy atom. The molecule has 0 saturated carbocycles. The lowest BCUT2D eigenvalue weighted by molar-refractivity contribution is -0.118. The highest BCUT2D eigenvalue weighted by molar-refractivity contribution is 5.85. The molecule has 1 aromatic carbocycles. The molecule has 132 valence electrons. The van der Waals surface area contributed by atoms with E-state index in [0.29, 0.717) is 31.7 Å². The normalized spacial score (nSPS) is 21.9. The van der Waals surface area contributed by atoms with Crippen molar-refractivity contribution in [2.45, 2.75) is 38.4 Å². The number of rotatable bonds is 6. The van der Waals surface area contributed by atoms with Crippen molar-refractivity contribution in [1.82, 2.24) is 5.32 Å². The van der Waals surface area contributed by atoms with Crippen molar-refractivity contribution < 1.29 is 19.0 Å². The number of benzene rings is 1. The van der Waals surface area contributed by atoms with Gasteiger partial charge in [0.05, 0.1) is 25.4 Å². The minimum absolute atomic E-state index is 0. The molecule has 3 atom stereocenters. The van der Waals surface area contributed by atoms with Crippen LogP contribution in [0.3, 0.4) is 0 Å². The summed E-state index contributed by atoms with van der Waals surface area (Å²) in [7, 11) is 1.58. The van der Waals surface area contributed by atoms with Gasteiger partial charge in [0.2, 0.25) is 0 Å². The van der Waals surface area contributed by atoms with E-state index in [-0.39, 0.29) is 30.2 Å². The average molecular weight is 348 g/mol. The Bertz CT molecular complexity index is 493. The first-order valence-electron chi connectivity index (χ1n) is 7.79. The maximum atomic E-state index is 13.4. The quantitative estimate of drug-likeness (QED) is 0.830. The van der Waals surface area contributed by atoms with Crippen LogP contribution in [0.1, 0.15) is 25.8 Å². The third-order valence-electron chi connectivity index (χ3n) is 4.19. The summed E-state index contributed by atoms with van der Waals surface area (Å²) in [6.07, 6.45) is 1.02. The molecular weight excluding hydrogens is 321 g/mol. The molecule has 1 fully saturated rings. The number of nitrogens with one attached hydrogen (secondary N) is 1. The first kappa shape index (κ1) is 20.2. The van der Waals surface area contributed by atoms with Crippen molar-refractivity contribution in [3.63, 3.8) is 0 Å². The average Bonchev–Trinajstić information content (AvgIpc) is 2.48. The van der Waals surface area contributed by atoms with Gasteiger partial charge in [0.15, 0.2) is 0 Å². The molecule has 0 aromatic heterocycles. The molecule has 0 radical (unpaired) electrons. The van der Waals surface area contributed by atoms with E-state index in [0.717, 1.165) is 12.1 Å². The minimum atomic E-state index is -0.909. The van der Waals surface area contributed by atoms with Gasteiger partial charge in [-0.2, -0.15) is 0 Å². The molecule has 0 aliphatic carbocycles. The Morgan fingerprint density at radius 3 is 2.87 bits per heavy atom. The first-order chi connectivity index (χ1) is 10.4. The zero-order valence-electron chi connectivity index (χ0n) is 14.0. The summed E-state index contributed by atoms with van der Waals surface area (Å²) in [5.41, 5.74) is -0.0820. The highest BCUT2D eigenvalue weighted by atomic mass is 35.5. The van der Waals surface area contributed by atoms with Crippen LogP contribution < -0.4 is 10.1 Å². The fraction of sp³-hybridized carbons (Fsp3) is 0.647. The van der Waals surface area contributed by atoms with Crippen molar-refractivity contribution in [1.29, 1.82) is 0 Å². The zero-order chi connectivity index (χ0) is 16.2. The lowest BCUT2D eigenvalue weighted by Crippen LogP contribution is -2.52. The van der Waals surface area contributed by atoms with Crippen LogP contribution in [0.4, 0.5) is 4.39 Å². The third-order valence-corrected chi connectivity index (χ3v) is 4.19. The molecule has 0 amide bonds. The second kappa shape index (κ2) is 8.83. The van der Waals surface area contributed by atoms with Crippen LogP contribution in [0.2, 0.25) is 0 Å². The largest absolute Gasteiger partial charge is 0.496 e. The molecule has 4 nitrogen and oxygen atoms in total. The molecule has 0 bridgehead atoms. The number of aliphatic hydroxyl groups is 1. The summed E-state index contributed by atoms with van der Waals surface area (Å²) in [6.45, 7) is 5.96. The van der Waals surface area contributed by atoms with Crippen molar-refractivity contribution >= 4 is 12.4 Å². The van der Waals surface area contributed by atoms with E-state index >= 15 is 0 Å². The lowest BCUT2D eigenvalue weighted by Gasteiger charge is -2.37. The fourth-order valence-electron chi connectivity index (χ4n) is 3.16. The van der Waals surface area contributed by atoms with E-state index in [1.807, 2.05) is 6.92 Å². The second-order valence-electron chi connectivity index (χ2n) is 6.39. The van der Waals surface area contributed by atoms with Gasteiger partial charge in [-0.1, -0.05) is 6.92 Å². The van der Waals surface area contributed by atoms with Gasteiger partial charge in [-0.15, -0.1) is 12.4 Å². The van der Waals surface area contributed by atoms with E-state index in [9.17, 15) is 9.50 Å². The SMILES string of the molecule is COc1ccc(F)cc1CC(C)CC(C)(O)C1CNCCO1.Cl. The molecule has 1 aromatic rings. The van der Waals surface area contributed by atoms with Gasteiger partial charge >= 0.3 is 0 Å². The van der Waals surface area contributed by atoms with Gasteiger partial charge in [0.1, 0.15) is 11.6 Å². The Kier molecular flexibility index (Phi) is 7.74. The highest BCUT2D eigenvalue weighted by Crippen LogP contribution is 2.28. The van der Waals surface area contributed by atoms with Crippen LogP contribution in [-0.2, 0) is 11.2 Å². The molecule has 2 N–H and O–H groups in total. The smallest absolute Gasteiger partial charge is 0.123 e. The third kappa shape index (κ3) is 5.60. The van der Waals surface area contributed by atoms with Crippen LogP contribution in [0.25, 0.3) is 0 Å². The maximum Gasteiger partial charge on any atom is 0.123 e. The lowest BCUT2D eigenvalue weighted by atomic mass is 9.84. The van der Waals surface area contributed by atoms with Crippen LogP contribution >= 0.6 is 12.4 Å². The minimum Gasteiger partial charge on any atom is -0.496 e. The molecule has 1 aliphatic rings. The van der Waals surface area contributed by atoms with Crippen molar-refractivity contribution in [2.75, 3.05) is 26.8 Å². The molecular formula is C17H27ClFNO3. The van der Waals surface area contributed by atoms with E-state index in [4.69, 9.17) is 9.47 Å². The van der Waals surface area contributed by atoms with Gasteiger partial charge < -0.3 is 19.9 Å². The van der Waals surface area contributed by atoms with Gasteiger partial charge in [-0.3, -0.25) is 0 Å². The summed E-state index contributed by atoms with van der Waals surface area (Å²) in [5.74, 6) is 0.592. The summed E-state index contributed by atoms with van der Waals surface area (Å²) in [4.78, 5) is 0. The molecule has 1 aliphatic heterocycles. The van der Waals surface area contributed by atoms with E-state index in [2.05, 4.69) is 12.2 Å². The number of hydrogen-bond acceptors (Lipinski definition) is 4.